The molecule has 0 fully saturated rings. The molecule has 22 heavy (non-hydrogen) atoms. The van der Waals surface area contributed by atoms with E-state index in [4.69, 9.17) is 17.4 Å². The quantitative estimate of drug-likeness (QED) is 0.439. The summed E-state index contributed by atoms with van der Waals surface area (Å²) in [5, 5.41) is 11.9. The fourth-order valence-corrected chi connectivity index (χ4v) is 2.36. The van der Waals surface area contributed by atoms with Gasteiger partial charge in [0.1, 0.15) is 0 Å². The van der Waals surface area contributed by atoms with Gasteiger partial charge in [0.05, 0.1) is 17.1 Å². The Bertz CT molecular complexity index is 776. The Labute approximate surface area is 133 Å². The Balaban J connectivity index is 1.84. The molecule has 3 aromatic rings. The van der Waals surface area contributed by atoms with Gasteiger partial charge in [-0.3, -0.25) is 5.10 Å². The molecule has 1 heterocycles. The van der Waals surface area contributed by atoms with Crippen molar-refractivity contribution in [2.24, 2.45) is 10.9 Å². The van der Waals surface area contributed by atoms with Crippen molar-refractivity contribution in [3.05, 3.63) is 76.9 Å². The lowest BCUT2D eigenvalue weighted by atomic mass is 10.1. The van der Waals surface area contributed by atoms with Crippen molar-refractivity contribution in [3.8, 4) is 11.3 Å². The van der Waals surface area contributed by atoms with Crippen LogP contribution < -0.4 is 5.84 Å². The molecule has 0 spiro atoms. The average molecular weight is 311 g/mol. The second kappa shape index (κ2) is 6.45. The molecule has 0 aliphatic rings. The molecule has 110 valence electrons. The van der Waals surface area contributed by atoms with Gasteiger partial charge in [0.25, 0.3) is 0 Å². The standard InChI is InChI=1S/C17H15ClN4/c18-14-8-6-13(7-9-14)15-11-17(22-21-15)16(20-19)10-12-4-2-1-3-5-12/h1-9,11H,10,19H2,(H,21,22)/b20-16+. The SMILES string of the molecule is N/N=C(\Cc1ccccc1)c1cc(-c2ccc(Cl)cc2)n[nH]1. The van der Waals surface area contributed by atoms with E-state index < -0.39 is 0 Å². The fraction of sp³-hybridized carbons (Fsp3) is 0.0588. The van der Waals surface area contributed by atoms with Gasteiger partial charge in [-0.25, -0.2) is 0 Å². The second-order valence-electron chi connectivity index (χ2n) is 4.91. The molecular weight excluding hydrogens is 296 g/mol. The van der Waals surface area contributed by atoms with E-state index in [0.29, 0.717) is 11.4 Å². The second-order valence-corrected chi connectivity index (χ2v) is 5.35. The third-order valence-corrected chi connectivity index (χ3v) is 3.65. The highest BCUT2D eigenvalue weighted by atomic mass is 35.5. The van der Waals surface area contributed by atoms with Crippen LogP contribution in [0.3, 0.4) is 0 Å². The van der Waals surface area contributed by atoms with Crippen molar-refractivity contribution in [2.75, 3.05) is 0 Å². The minimum Gasteiger partial charge on any atom is -0.323 e. The van der Waals surface area contributed by atoms with E-state index in [1.165, 1.54) is 0 Å². The highest BCUT2D eigenvalue weighted by Crippen LogP contribution is 2.20. The zero-order valence-electron chi connectivity index (χ0n) is 11.8. The third kappa shape index (κ3) is 3.18. The summed E-state index contributed by atoms with van der Waals surface area (Å²) in [5.41, 5.74) is 4.55. The summed E-state index contributed by atoms with van der Waals surface area (Å²) in [7, 11) is 0. The van der Waals surface area contributed by atoms with Gasteiger partial charge in [0, 0.05) is 17.0 Å². The molecule has 4 nitrogen and oxygen atoms in total. The molecule has 0 bridgehead atoms. The highest BCUT2D eigenvalue weighted by Gasteiger charge is 2.10. The van der Waals surface area contributed by atoms with Crippen molar-refractivity contribution in [1.82, 2.24) is 10.2 Å². The number of hydrogen-bond donors (Lipinski definition) is 2. The number of nitrogens with two attached hydrogens (primary N) is 1. The lowest BCUT2D eigenvalue weighted by Crippen LogP contribution is -2.08. The van der Waals surface area contributed by atoms with Crippen LogP contribution in [0.1, 0.15) is 11.3 Å². The Kier molecular flexibility index (Phi) is 4.21. The molecular formula is C17H15ClN4. The maximum atomic E-state index is 5.90. The van der Waals surface area contributed by atoms with Crippen LogP contribution in [0.4, 0.5) is 0 Å². The summed E-state index contributed by atoms with van der Waals surface area (Å²) < 4.78 is 0. The maximum Gasteiger partial charge on any atom is 0.0927 e. The van der Waals surface area contributed by atoms with Gasteiger partial charge in [0.2, 0.25) is 0 Å². The van der Waals surface area contributed by atoms with E-state index in [1.807, 2.05) is 60.7 Å². The van der Waals surface area contributed by atoms with Crippen LogP contribution in [0.2, 0.25) is 5.02 Å². The van der Waals surface area contributed by atoms with Gasteiger partial charge in [-0.1, -0.05) is 54.1 Å². The molecule has 3 rings (SSSR count). The number of nitrogens with one attached hydrogen (secondary N) is 1. The van der Waals surface area contributed by atoms with E-state index >= 15 is 0 Å². The first-order chi connectivity index (χ1) is 10.8. The summed E-state index contributed by atoms with van der Waals surface area (Å²) in [6.07, 6.45) is 0.652. The molecule has 5 heteroatoms. The summed E-state index contributed by atoms with van der Waals surface area (Å²) in [6.45, 7) is 0. The number of hydrogen-bond acceptors (Lipinski definition) is 3. The average Bonchev–Trinajstić information content (AvgIpc) is 3.04. The smallest absolute Gasteiger partial charge is 0.0927 e. The summed E-state index contributed by atoms with van der Waals surface area (Å²) >= 11 is 5.90. The zero-order valence-corrected chi connectivity index (χ0v) is 12.6. The number of halogens is 1. The van der Waals surface area contributed by atoms with Crippen molar-refractivity contribution in [2.45, 2.75) is 6.42 Å². The van der Waals surface area contributed by atoms with Gasteiger partial charge >= 0.3 is 0 Å². The Morgan fingerprint density at radius 2 is 1.82 bits per heavy atom. The first-order valence-electron chi connectivity index (χ1n) is 6.88. The van der Waals surface area contributed by atoms with Crippen LogP contribution in [-0.4, -0.2) is 15.9 Å². The zero-order chi connectivity index (χ0) is 15.4. The van der Waals surface area contributed by atoms with Crippen molar-refractivity contribution in [1.29, 1.82) is 0 Å². The molecule has 0 aliphatic carbocycles. The number of hydrazone groups is 1. The predicted molar refractivity (Wildman–Crippen MR) is 89.9 cm³/mol. The number of aromatic nitrogens is 2. The van der Waals surface area contributed by atoms with Crippen molar-refractivity contribution >= 4 is 17.3 Å². The number of aromatic amines is 1. The third-order valence-electron chi connectivity index (χ3n) is 3.40. The first-order valence-corrected chi connectivity index (χ1v) is 7.26. The van der Waals surface area contributed by atoms with E-state index in [-0.39, 0.29) is 0 Å². The molecule has 0 aliphatic heterocycles. The molecule has 0 atom stereocenters. The van der Waals surface area contributed by atoms with E-state index in [2.05, 4.69) is 15.3 Å². The van der Waals surface area contributed by atoms with Gasteiger partial charge in [-0.15, -0.1) is 0 Å². The summed E-state index contributed by atoms with van der Waals surface area (Å²) in [5.74, 6) is 5.54. The molecule has 0 saturated heterocycles. The molecule has 3 N–H and O–H groups in total. The maximum absolute atomic E-state index is 5.90. The van der Waals surface area contributed by atoms with Crippen LogP contribution in [0, 0.1) is 0 Å². The largest absolute Gasteiger partial charge is 0.323 e. The predicted octanol–water partition coefficient (Wildman–Crippen LogP) is 3.64. The van der Waals surface area contributed by atoms with Crippen LogP contribution in [0.15, 0.2) is 65.8 Å². The molecule has 2 aromatic carbocycles. The molecule has 0 amide bonds. The van der Waals surface area contributed by atoms with Crippen LogP contribution >= 0.6 is 11.6 Å². The Morgan fingerprint density at radius 1 is 1.09 bits per heavy atom. The molecule has 0 saturated carbocycles. The normalized spacial score (nSPS) is 11.6. The van der Waals surface area contributed by atoms with E-state index in [0.717, 1.165) is 28.2 Å². The lowest BCUT2D eigenvalue weighted by Gasteiger charge is -2.02. The van der Waals surface area contributed by atoms with Crippen LogP contribution in [-0.2, 0) is 6.42 Å². The van der Waals surface area contributed by atoms with Gasteiger partial charge in [0.15, 0.2) is 0 Å². The monoisotopic (exact) mass is 310 g/mol. The van der Waals surface area contributed by atoms with Crippen LogP contribution in [0.5, 0.6) is 0 Å². The number of nitrogens with zero attached hydrogens (tertiary/aromatic N) is 2. The summed E-state index contributed by atoms with van der Waals surface area (Å²) in [6, 6.07) is 19.5. The van der Waals surface area contributed by atoms with E-state index in [9.17, 15) is 0 Å². The minimum atomic E-state index is 0.652. The van der Waals surface area contributed by atoms with Crippen molar-refractivity contribution < 1.29 is 0 Å². The van der Waals surface area contributed by atoms with Crippen LogP contribution in [0.25, 0.3) is 11.3 Å². The Morgan fingerprint density at radius 3 is 2.50 bits per heavy atom. The van der Waals surface area contributed by atoms with Gasteiger partial charge in [-0.2, -0.15) is 10.2 Å². The number of rotatable bonds is 4. The van der Waals surface area contributed by atoms with Crippen molar-refractivity contribution in [3.63, 3.8) is 0 Å². The van der Waals surface area contributed by atoms with E-state index in [1.54, 1.807) is 0 Å². The minimum absolute atomic E-state index is 0.652. The number of benzene rings is 2. The molecule has 1 aromatic heterocycles. The molecule has 0 unspecified atom stereocenters. The molecule has 0 radical (unpaired) electrons. The topological polar surface area (TPSA) is 67.1 Å². The highest BCUT2D eigenvalue weighted by molar-refractivity contribution is 6.30. The van der Waals surface area contributed by atoms with Gasteiger partial charge < -0.3 is 5.84 Å². The number of H-pyrrole nitrogens is 1. The van der Waals surface area contributed by atoms with Gasteiger partial charge in [-0.05, 0) is 23.8 Å². The lowest BCUT2D eigenvalue weighted by molar-refractivity contribution is 1.07. The Hall–Kier alpha value is -2.59. The summed E-state index contributed by atoms with van der Waals surface area (Å²) in [4.78, 5) is 0. The fourth-order valence-electron chi connectivity index (χ4n) is 2.24. The first kappa shape index (κ1) is 14.4.